The molecule has 1 fully saturated rings. The Bertz CT molecular complexity index is 337. The van der Waals surface area contributed by atoms with Crippen LogP contribution in [0.15, 0.2) is 24.5 Å². The van der Waals surface area contributed by atoms with Gasteiger partial charge in [0.15, 0.2) is 0 Å². The molecule has 2 rings (SSSR count). The summed E-state index contributed by atoms with van der Waals surface area (Å²) in [6.07, 6.45) is 4.84. The average molecular weight is 234 g/mol. The summed E-state index contributed by atoms with van der Waals surface area (Å²) in [5.41, 5.74) is 1.30. The summed E-state index contributed by atoms with van der Waals surface area (Å²) in [5, 5.41) is 10.5. The lowest BCUT2D eigenvalue weighted by atomic mass is 9.97. The van der Waals surface area contributed by atoms with E-state index in [2.05, 4.69) is 34.8 Å². The van der Waals surface area contributed by atoms with E-state index < -0.39 is 0 Å². The van der Waals surface area contributed by atoms with Crippen molar-refractivity contribution < 1.29 is 0 Å². The van der Waals surface area contributed by atoms with Crippen molar-refractivity contribution in [3.8, 4) is 0 Å². The predicted octanol–water partition coefficient (Wildman–Crippen LogP) is 1.22. The minimum absolute atomic E-state index is 0.217. The highest BCUT2D eigenvalue weighted by molar-refractivity contribution is 5.39. The molecule has 4 heteroatoms. The summed E-state index contributed by atoms with van der Waals surface area (Å²) in [4.78, 5) is 4.07. The largest absolute Gasteiger partial charge is 0.383 e. The van der Waals surface area contributed by atoms with Crippen LogP contribution in [0.2, 0.25) is 0 Å². The number of hydrogen-bond acceptors (Lipinski definition) is 4. The molecular weight excluding hydrogens is 212 g/mol. The molecule has 0 saturated carbocycles. The molecule has 1 atom stereocenters. The van der Waals surface area contributed by atoms with Crippen LogP contribution in [0.25, 0.3) is 0 Å². The highest BCUT2D eigenvalue weighted by Gasteiger charge is 2.33. The van der Waals surface area contributed by atoms with E-state index in [0.29, 0.717) is 6.04 Å². The number of anilines is 1. The van der Waals surface area contributed by atoms with Gasteiger partial charge in [0, 0.05) is 37.1 Å². The van der Waals surface area contributed by atoms with Crippen molar-refractivity contribution in [2.45, 2.75) is 31.8 Å². The van der Waals surface area contributed by atoms with Crippen LogP contribution in [0.3, 0.4) is 0 Å². The van der Waals surface area contributed by atoms with E-state index in [4.69, 9.17) is 0 Å². The molecule has 0 aliphatic carbocycles. The van der Waals surface area contributed by atoms with Crippen molar-refractivity contribution in [1.82, 2.24) is 15.6 Å². The topological polar surface area (TPSA) is 49.0 Å². The first-order valence-electron chi connectivity index (χ1n) is 6.31. The maximum absolute atomic E-state index is 4.07. The van der Waals surface area contributed by atoms with Gasteiger partial charge in [0.05, 0.1) is 5.69 Å². The third-order valence-corrected chi connectivity index (χ3v) is 3.39. The molecule has 1 aromatic rings. The number of hydrogen-bond donors (Lipinski definition) is 3. The summed E-state index contributed by atoms with van der Waals surface area (Å²) in [6.45, 7) is 7.53. The van der Waals surface area contributed by atoms with Crippen LogP contribution >= 0.6 is 0 Å². The lowest BCUT2D eigenvalue weighted by molar-refractivity contribution is 0.355. The number of nitrogens with zero attached hydrogens (tertiary/aromatic N) is 1. The first-order valence-corrected chi connectivity index (χ1v) is 6.31. The van der Waals surface area contributed by atoms with Gasteiger partial charge in [-0.25, -0.2) is 0 Å². The van der Waals surface area contributed by atoms with Gasteiger partial charge in [-0.05, 0) is 38.9 Å². The zero-order valence-electron chi connectivity index (χ0n) is 10.7. The van der Waals surface area contributed by atoms with Gasteiger partial charge in [-0.1, -0.05) is 0 Å². The maximum Gasteiger partial charge on any atom is 0.0527 e. The van der Waals surface area contributed by atoms with Gasteiger partial charge < -0.3 is 16.0 Å². The second kappa shape index (κ2) is 5.47. The van der Waals surface area contributed by atoms with Crippen molar-refractivity contribution in [3.63, 3.8) is 0 Å². The Hall–Kier alpha value is -1.13. The van der Waals surface area contributed by atoms with Crippen LogP contribution in [-0.2, 0) is 0 Å². The smallest absolute Gasteiger partial charge is 0.0527 e. The average Bonchev–Trinajstić information content (AvgIpc) is 2.66. The van der Waals surface area contributed by atoms with Gasteiger partial charge in [0.2, 0.25) is 0 Å². The van der Waals surface area contributed by atoms with Crippen molar-refractivity contribution in [3.05, 3.63) is 24.5 Å². The van der Waals surface area contributed by atoms with E-state index in [1.807, 2.05) is 18.3 Å². The molecule has 1 saturated heterocycles. The summed E-state index contributed by atoms with van der Waals surface area (Å²) >= 11 is 0. The van der Waals surface area contributed by atoms with E-state index in [1.165, 1.54) is 6.42 Å². The third kappa shape index (κ3) is 3.41. The third-order valence-electron chi connectivity index (χ3n) is 3.39. The maximum atomic E-state index is 4.07. The van der Waals surface area contributed by atoms with Crippen LogP contribution in [0, 0.1) is 0 Å². The van der Waals surface area contributed by atoms with E-state index in [9.17, 15) is 0 Å². The SMILES string of the molecule is CC1(C)NCC[C@@H]1NCCNc1cccnc1. The van der Waals surface area contributed by atoms with Crippen LogP contribution in [0.4, 0.5) is 5.69 Å². The first-order chi connectivity index (χ1) is 8.18. The highest BCUT2D eigenvalue weighted by Crippen LogP contribution is 2.17. The minimum atomic E-state index is 0.217. The normalized spacial score (nSPS) is 22.6. The van der Waals surface area contributed by atoms with Gasteiger partial charge in [-0.15, -0.1) is 0 Å². The van der Waals surface area contributed by atoms with Crippen molar-refractivity contribution in [2.75, 3.05) is 25.0 Å². The van der Waals surface area contributed by atoms with E-state index in [-0.39, 0.29) is 5.54 Å². The van der Waals surface area contributed by atoms with E-state index >= 15 is 0 Å². The highest BCUT2D eigenvalue weighted by atomic mass is 15.1. The molecule has 94 valence electrons. The summed E-state index contributed by atoms with van der Waals surface area (Å²) in [6, 6.07) is 4.55. The fourth-order valence-electron chi connectivity index (χ4n) is 2.30. The molecule has 0 aromatic carbocycles. The summed E-state index contributed by atoms with van der Waals surface area (Å²) in [7, 11) is 0. The summed E-state index contributed by atoms with van der Waals surface area (Å²) < 4.78 is 0. The molecule has 1 aliphatic heterocycles. The fourth-order valence-corrected chi connectivity index (χ4v) is 2.30. The van der Waals surface area contributed by atoms with Crippen LogP contribution in [-0.4, -0.2) is 36.2 Å². The van der Waals surface area contributed by atoms with Gasteiger partial charge in [-0.2, -0.15) is 0 Å². The van der Waals surface area contributed by atoms with Crippen molar-refractivity contribution in [1.29, 1.82) is 0 Å². The fraction of sp³-hybridized carbons (Fsp3) is 0.615. The Kier molecular flexibility index (Phi) is 3.97. The predicted molar refractivity (Wildman–Crippen MR) is 71.2 cm³/mol. The van der Waals surface area contributed by atoms with Crippen LogP contribution in [0.1, 0.15) is 20.3 Å². The zero-order chi connectivity index (χ0) is 12.1. The Labute approximate surface area is 103 Å². The van der Waals surface area contributed by atoms with Crippen LogP contribution in [0.5, 0.6) is 0 Å². The Balaban J connectivity index is 1.67. The van der Waals surface area contributed by atoms with E-state index in [0.717, 1.165) is 25.3 Å². The van der Waals surface area contributed by atoms with Crippen molar-refractivity contribution >= 4 is 5.69 Å². The van der Waals surface area contributed by atoms with Gasteiger partial charge in [0.1, 0.15) is 0 Å². The minimum Gasteiger partial charge on any atom is -0.383 e. The summed E-state index contributed by atoms with van der Waals surface area (Å²) in [5.74, 6) is 0. The molecule has 0 radical (unpaired) electrons. The second-order valence-electron chi connectivity index (χ2n) is 5.11. The number of aromatic nitrogens is 1. The molecule has 17 heavy (non-hydrogen) atoms. The van der Waals surface area contributed by atoms with Crippen molar-refractivity contribution in [2.24, 2.45) is 0 Å². The number of pyridine rings is 1. The second-order valence-corrected chi connectivity index (χ2v) is 5.11. The first kappa shape index (κ1) is 12.3. The standard InChI is InChI=1S/C13H22N4/c1-13(2)12(5-7-17-13)16-9-8-15-11-4-3-6-14-10-11/h3-4,6,10,12,15-17H,5,7-9H2,1-2H3/t12-/m0/s1. The molecule has 0 spiro atoms. The number of nitrogens with one attached hydrogen (secondary N) is 3. The molecule has 4 nitrogen and oxygen atoms in total. The lowest BCUT2D eigenvalue weighted by Gasteiger charge is -2.28. The van der Waals surface area contributed by atoms with Crippen LogP contribution < -0.4 is 16.0 Å². The number of rotatable bonds is 5. The Morgan fingerprint density at radius 2 is 2.35 bits per heavy atom. The molecule has 1 aromatic heterocycles. The lowest BCUT2D eigenvalue weighted by Crippen LogP contribution is -2.49. The molecule has 3 N–H and O–H groups in total. The monoisotopic (exact) mass is 234 g/mol. The molecular formula is C13H22N4. The van der Waals surface area contributed by atoms with Gasteiger partial charge >= 0.3 is 0 Å². The molecule has 0 bridgehead atoms. The van der Waals surface area contributed by atoms with Gasteiger partial charge in [0.25, 0.3) is 0 Å². The molecule has 1 aliphatic rings. The van der Waals surface area contributed by atoms with E-state index in [1.54, 1.807) is 6.20 Å². The Morgan fingerprint density at radius 3 is 3.00 bits per heavy atom. The van der Waals surface area contributed by atoms with Gasteiger partial charge in [-0.3, -0.25) is 4.98 Å². The molecule has 0 unspecified atom stereocenters. The Morgan fingerprint density at radius 1 is 1.47 bits per heavy atom. The quantitative estimate of drug-likeness (QED) is 0.671. The zero-order valence-corrected chi connectivity index (χ0v) is 10.7. The molecule has 0 amide bonds. The molecule has 2 heterocycles.